The lowest BCUT2D eigenvalue weighted by molar-refractivity contribution is -0.110. The third-order valence-corrected chi connectivity index (χ3v) is 6.75. The number of para-hydroxylation sites is 1. The highest BCUT2D eigenvalue weighted by Crippen LogP contribution is 2.32. The third kappa shape index (κ3) is 4.39. The molecule has 1 aliphatic rings. The maximum absolute atomic E-state index is 13.9. The molecule has 1 N–H and O–H groups in total. The molecule has 1 atom stereocenters. The number of halogens is 1. The Labute approximate surface area is 211 Å². The van der Waals surface area contributed by atoms with Crippen molar-refractivity contribution >= 4 is 50.0 Å². The van der Waals surface area contributed by atoms with Crippen LogP contribution < -0.4 is 10.1 Å². The second-order valence-corrected chi connectivity index (χ2v) is 9.46. The maximum atomic E-state index is 13.9. The van der Waals surface area contributed by atoms with Crippen molar-refractivity contribution in [3.63, 3.8) is 0 Å². The lowest BCUT2D eigenvalue weighted by Crippen LogP contribution is -2.29. The van der Waals surface area contributed by atoms with Crippen LogP contribution in [0.3, 0.4) is 0 Å². The van der Waals surface area contributed by atoms with Gasteiger partial charge in [0.05, 0.1) is 18.3 Å². The van der Waals surface area contributed by atoms with Crippen molar-refractivity contribution in [2.75, 3.05) is 12.4 Å². The van der Waals surface area contributed by atoms with E-state index in [0.29, 0.717) is 22.7 Å². The Hall–Kier alpha value is -3.71. The molecule has 3 aromatic carbocycles. The van der Waals surface area contributed by atoms with E-state index in [1.165, 1.54) is 0 Å². The van der Waals surface area contributed by atoms with Gasteiger partial charge in [0.15, 0.2) is 0 Å². The summed E-state index contributed by atoms with van der Waals surface area (Å²) in [7, 11) is 1.59. The van der Waals surface area contributed by atoms with Gasteiger partial charge in [0, 0.05) is 27.2 Å². The van der Waals surface area contributed by atoms with Crippen molar-refractivity contribution in [1.29, 1.82) is 0 Å². The van der Waals surface area contributed by atoms with Crippen LogP contribution in [-0.2, 0) is 11.2 Å². The SMILES string of the molecule is COc1ccc(C(=O)n2c3c(c4ccccc42)CCC(C)N=C3C(=O)Nc2ccc(Br)cc2)cc1. The van der Waals surface area contributed by atoms with Crippen LogP contribution >= 0.6 is 15.9 Å². The molecule has 176 valence electrons. The molecule has 0 spiro atoms. The van der Waals surface area contributed by atoms with E-state index in [1.54, 1.807) is 35.9 Å². The van der Waals surface area contributed by atoms with Gasteiger partial charge in [0.25, 0.3) is 11.8 Å². The van der Waals surface area contributed by atoms with Crippen LogP contribution in [0.4, 0.5) is 5.69 Å². The molecule has 1 aliphatic heterocycles. The summed E-state index contributed by atoms with van der Waals surface area (Å²) in [5.41, 5.74) is 3.72. The number of hydrogen-bond donors (Lipinski definition) is 1. The Bertz CT molecular complexity index is 1450. The summed E-state index contributed by atoms with van der Waals surface area (Å²) < 4.78 is 7.81. The molecule has 1 amide bonds. The van der Waals surface area contributed by atoms with E-state index in [1.807, 2.05) is 55.5 Å². The highest BCUT2D eigenvalue weighted by molar-refractivity contribution is 9.10. The van der Waals surface area contributed by atoms with Gasteiger partial charge in [-0.05, 0) is 79.9 Å². The van der Waals surface area contributed by atoms with E-state index < -0.39 is 0 Å². The number of methoxy groups -OCH3 is 1. The number of nitrogens with one attached hydrogen (secondary N) is 1. The van der Waals surface area contributed by atoms with Crippen LogP contribution in [0.15, 0.2) is 82.3 Å². The number of hydrogen-bond acceptors (Lipinski definition) is 4. The molecule has 0 saturated heterocycles. The minimum Gasteiger partial charge on any atom is -0.497 e. The first-order chi connectivity index (χ1) is 17.0. The van der Waals surface area contributed by atoms with Crippen LogP contribution in [0, 0.1) is 0 Å². The first kappa shape index (κ1) is 23.1. The fourth-order valence-corrected chi connectivity index (χ4v) is 4.74. The minimum atomic E-state index is -0.339. The summed E-state index contributed by atoms with van der Waals surface area (Å²) >= 11 is 3.42. The second-order valence-electron chi connectivity index (χ2n) is 8.54. The summed E-state index contributed by atoms with van der Waals surface area (Å²) in [6.07, 6.45) is 1.51. The molecule has 5 rings (SSSR count). The van der Waals surface area contributed by atoms with E-state index in [2.05, 4.69) is 21.2 Å². The largest absolute Gasteiger partial charge is 0.497 e. The zero-order valence-corrected chi connectivity index (χ0v) is 21.0. The van der Waals surface area contributed by atoms with Crippen LogP contribution in [-0.4, -0.2) is 35.2 Å². The van der Waals surface area contributed by atoms with Gasteiger partial charge in [-0.3, -0.25) is 19.1 Å². The van der Waals surface area contributed by atoms with Crippen LogP contribution in [0.5, 0.6) is 5.75 Å². The number of aromatic nitrogens is 1. The number of aryl methyl sites for hydroxylation is 1. The van der Waals surface area contributed by atoms with E-state index in [4.69, 9.17) is 9.73 Å². The average molecular weight is 530 g/mol. The van der Waals surface area contributed by atoms with E-state index in [9.17, 15) is 9.59 Å². The molecule has 0 bridgehead atoms. The fraction of sp³-hybridized carbons (Fsp3) is 0.179. The lowest BCUT2D eigenvalue weighted by Gasteiger charge is -2.14. The van der Waals surface area contributed by atoms with Crippen molar-refractivity contribution in [3.05, 3.63) is 94.1 Å². The van der Waals surface area contributed by atoms with Gasteiger partial charge in [-0.1, -0.05) is 34.1 Å². The van der Waals surface area contributed by atoms with Crippen molar-refractivity contribution in [2.24, 2.45) is 4.99 Å². The molecule has 0 radical (unpaired) electrons. The highest BCUT2D eigenvalue weighted by atomic mass is 79.9. The topological polar surface area (TPSA) is 72.7 Å². The summed E-state index contributed by atoms with van der Waals surface area (Å²) in [5.74, 6) is 0.111. The first-order valence-corrected chi connectivity index (χ1v) is 12.2. The van der Waals surface area contributed by atoms with Gasteiger partial charge in [0.2, 0.25) is 0 Å². The molecule has 6 nitrogen and oxygen atoms in total. The number of nitrogens with zero attached hydrogens (tertiary/aromatic N) is 2. The predicted octanol–water partition coefficient (Wildman–Crippen LogP) is 5.86. The molecular weight excluding hydrogens is 506 g/mol. The normalized spacial score (nSPS) is 15.2. The standard InChI is InChI=1S/C28H24BrN3O3/c1-17-7-16-23-22-5-3-4-6-24(22)32(28(34)18-8-14-21(35-2)15-9-18)26(23)25(30-17)27(33)31-20-12-10-19(29)11-13-20/h3-6,8-15,17H,7,16H2,1-2H3,(H,31,33). The molecule has 1 unspecified atom stereocenters. The predicted molar refractivity (Wildman–Crippen MR) is 142 cm³/mol. The summed E-state index contributed by atoms with van der Waals surface area (Å²) in [5, 5.41) is 3.92. The smallest absolute Gasteiger partial charge is 0.276 e. The van der Waals surface area contributed by atoms with Crippen LogP contribution in [0.1, 0.15) is 35.0 Å². The number of carbonyl (C=O) groups is 2. The molecule has 7 heteroatoms. The van der Waals surface area contributed by atoms with Crippen molar-refractivity contribution in [2.45, 2.75) is 25.8 Å². The van der Waals surface area contributed by atoms with Crippen LogP contribution in [0.25, 0.3) is 10.9 Å². The molecule has 0 fully saturated rings. The molecule has 0 aliphatic carbocycles. The van der Waals surface area contributed by atoms with Gasteiger partial charge < -0.3 is 10.1 Å². The Morgan fingerprint density at radius 1 is 1.03 bits per heavy atom. The summed E-state index contributed by atoms with van der Waals surface area (Å²) in [6, 6.07) is 22.1. The Morgan fingerprint density at radius 2 is 1.74 bits per heavy atom. The quantitative estimate of drug-likeness (QED) is 0.359. The second kappa shape index (κ2) is 9.50. The van der Waals surface area contributed by atoms with Gasteiger partial charge in [-0.2, -0.15) is 0 Å². The number of amides is 1. The van der Waals surface area contributed by atoms with Crippen molar-refractivity contribution in [1.82, 2.24) is 4.57 Å². The van der Waals surface area contributed by atoms with Gasteiger partial charge in [-0.15, -0.1) is 0 Å². The maximum Gasteiger partial charge on any atom is 0.276 e. The molecule has 0 saturated carbocycles. The molecule has 2 heterocycles. The highest BCUT2D eigenvalue weighted by Gasteiger charge is 2.31. The lowest BCUT2D eigenvalue weighted by atomic mass is 10.0. The number of anilines is 1. The number of rotatable bonds is 4. The van der Waals surface area contributed by atoms with E-state index in [0.717, 1.165) is 33.8 Å². The molecule has 1 aromatic heterocycles. The fourth-order valence-electron chi connectivity index (χ4n) is 4.47. The third-order valence-electron chi connectivity index (χ3n) is 6.22. The van der Waals surface area contributed by atoms with Gasteiger partial charge >= 0.3 is 0 Å². The van der Waals surface area contributed by atoms with Crippen molar-refractivity contribution < 1.29 is 14.3 Å². The Kier molecular flexibility index (Phi) is 6.26. The van der Waals surface area contributed by atoms with E-state index >= 15 is 0 Å². The Morgan fingerprint density at radius 3 is 2.46 bits per heavy atom. The number of aliphatic imine (C=N–C) groups is 1. The van der Waals surface area contributed by atoms with Gasteiger partial charge in [0.1, 0.15) is 11.5 Å². The zero-order chi connectivity index (χ0) is 24.5. The molecule has 35 heavy (non-hydrogen) atoms. The number of benzene rings is 3. The number of ether oxygens (including phenoxy) is 1. The zero-order valence-electron chi connectivity index (χ0n) is 19.4. The average Bonchev–Trinajstić information content (AvgIpc) is 3.10. The number of carbonyl (C=O) groups excluding carboxylic acids is 2. The Balaban J connectivity index is 1.67. The van der Waals surface area contributed by atoms with Crippen molar-refractivity contribution in [3.8, 4) is 5.75 Å². The first-order valence-electron chi connectivity index (χ1n) is 11.4. The molecular formula is C28H24BrN3O3. The summed E-state index contributed by atoms with van der Waals surface area (Å²) in [6.45, 7) is 2.00. The monoisotopic (exact) mass is 529 g/mol. The molecule has 4 aromatic rings. The van der Waals surface area contributed by atoms with Gasteiger partial charge in [-0.25, -0.2) is 0 Å². The van der Waals surface area contributed by atoms with E-state index in [-0.39, 0.29) is 23.6 Å². The summed E-state index contributed by atoms with van der Waals surface area (Å²) in [4.78, 5) is 32.3. The minimum absolute atomic E-state index is 0.0589. The number of fused-ring (bicyclic) bond motifs is 3. The van der Waals surface area contributed by atoms with Crippen LogP contribution in [0.2, 0.25) is 0 Å².